The molecule has 0 bridgehead atoms. The normalized spacial score (nSPS) is 10.5. The number of nitrogens with two attached hydrogens (primary N) is 2. The first kappa shape index (κ1) is 16.7. The third kappa shape index (κ3) is 3.48. The summed E-state index contributed by atoms with van der Waals surface area (Å²) in [5.74, 6) is 1.48. The molecule has 4 aromatic rings. The van der Waals surface area contributed by atoms with Crippen molar-refractivity contribution >= 4 is 11.4 Å². The van der Waals surface area contributed by atoms with Crippen LogP contribution in [0.1, 0.15) is 0 Å². The fourth-order valence-electron chi connectivity index (χ4n) is 3.15. The number of rotatable bonds is 4. The molecular formula is C24H20N2O. The molecule has 4 rings (SSSR count). The summed E-state index contributed by atoms with van der Waals surface area (Å²) in [6.07, 6.45) is 0. The summed E-state index contributed by atoms with van der Waals surface area (Å²) < 4.78 is 6.22. The monoisotopic (exact) mass is 352 g/mol. The lowest BCUT2D eigenvalue weighted by molar-refractivity contribution is 0.485. The lowest BCUT2D eigenvalue weighted by Gasteiger charge is -2.18. The smallest absolute Gasteiger partial charge is 0.136 e. The van der Waals surface area contributed by atoms with E-state index in [1.807, 2.05) is 72.8 Å². The van der Waals surface area contributed by atoms with Gasteiger partial charge in [-0.15, -0.1) is 0 Å². The molecule has 0 aliphatic carbocycles. The Morgan fingerprint density at radius 2 is 1.07 bits per heavy atom. The standard InChI is InChI=1S/C24H20N2O/c25-19-11-13-20(14-12-19)27-22-16-15-21(26)23(17-7-3-1-4-8-17)24(22)18-9-5-2-6-10-18/h1-16H,25-26H2. The molecule has 0 aliphatic rings. The van der Waals surface area contributed by atoms with E-state index in [1.54, 1.807) is 0 Å². The molecule has 0 radical (unpaired) electrons. The van der Waals surface area contributed by atoms with Gasteiger partial charge in [0.2, 0.25) is 0 Å². The molecule has 132 valence electrons. The maximum Gasteiger partial charge on any atom is 0.136 e. The van der Waals surface area contributed by atoms with Gasteiger partial charge in [-0.2, -0.15) is 0 Å². The predicted octanol–water partition coefficient (Wildman–Crippen LogP) is 5.98. The molecule has 0 saturated carbocycles. The molecule has 4 N–H and O–H groups in total. The topological polar surface area (TPSA) is 61.3 Å². The van der Waals surface area contributed by atoms with E-state index >= 15 is 0 Å². The van der Waals surface area contributed by atoms with Crippen LogP contribution < -0.4 is 16.2 Å². The van der Waals surface area contributed by atoms with Gasteiger partial charge in [-0.1, -0.05) is 60.7 Å². The number of nitrogen functional groups attached to an aromatic ring is 2. The fourth-order valence-corrected chi connectivity index (χ4v) is 3.15. The molecule has 0 saturated heterocycles. The van der Waals surface area contributed by atoms with Crippen LogP contribution >= 0.6 is 0 Å². The first-order valence-electron chi connectivity index (χ1n) is 8.79. The number of hydrogen-bond donors (Lipinski definition) is 2. The van der Waals surface area contributed by atoms with Crippen molar-refractivity contribution in [1.82, 2.24) is 0 Å². The highest BCUT2D eigenvalue weighted by atomic mass is 16.5. The first-order chi connectivity index (χ1) is 13.2. The maximum absolute atomic E-state index is 6.40. The molecule has 4 aromatic carbocycles. The molecule has 27 heavy (non-hydrogen) atoms. The van der Waals surface area contributed by atoms with E-state index in [2.05, 4.69) is 24.3 Å². The molecule has 0 spiro atoms. The van der Waals surface area contributed by atoms with Gasteiger partial charge in [-0.25, -0.2) is 0 Å². The first-order valence-corrected chi connectivity index (χ1v) is 8.79. The number of anilines is 2. The minimum Gasteiger partial charge on any atom is -0.457 e. The summed E-state index contributed by atoms with van der Waals surface area (Å²) in [6.45, 7) is 0. The van der Waals surface area contributed by atoms with Crippen LogP contribution in [-0.4, -0.2) is 0 Å². The van der Waals surface area contributed by atoms with Crippen molar-refractivity contribution in [3.63, 3.8) is 0 Å². The lowest BCUT2D eigenvalue weighted by Crippen LogP contribution is -1.97. The van der Waals surface area contributed by atoms with Gasteiger partial charge in [0.05, 0.1) is 0 Å². The van der Waals surface area contributed by atoms with Crippen molar-refractivity contribution < 1.29 is 4.74 Å². The highest BCUT2D eigenvalue weighted by Gasteiger charge is 2.17. The Morgan fingerprint density at radius 3 is 1.67 bits per heavy atom. The second-order valence-corrected chi connectivity index (χ2v) is 6.31. The molecule has 0 amide bonds. The van der Waals surface area contributed by atoms with Gasteiger partial charge < -0.3 is 16.2 Å². The van der Waals surface area contributed by atoms with Crippen LogP contribution in [0.2, 0.25) is 0 Å². The zero-order chi connectivity index (χ0) is 18.6. The van der Waals surface area contributed by atoms with Crippen molar-refractivity contribution in [1.29, 1.82) is 0 Å². The zero-order valence-corrected chi connectivity index (χ0v) is 14.8. The predicted molar refractivity (Wildman–Crippen MR) is 113 cm³/mol. The molecule has 0 unspecified atom stereocenters. The molecular weight excluding hydrogens is 332 g/mol. The van der Waals surface area contributed by atoms with Gasteiger partial charge in [-0.05, 0) is 47.5 Å². The third-order valence-corrected chi connectivity index (χ3v) is 4.43. The van der Waals surface area contributed by atoms with Gasteiger partial charge >= 0.3 is 0 Å². The minimum absolute atomic E-state index is 0.702. The van der Waals surface area contributed by atoms with Gasteiger partial charge in [0, 0.05) is 22.5 Å². The van der Waals surface area contributed by atoms with Crippen molar-refractivity contribution in [2.24, 2.45) is 0 Å². The zero-order valence-electron chi connectivity index (χ0n) is 14.8. The molecule has 0 aromatic heterocycles. The molecule has 0 atom stereocenters. The van der Waals surface area contributed by atoms with Gasteiger partial charge in [-0.3, -0.25) is 0 Å². The number of hydrogen-bond acceptors (Lipinski definition) is 3. The minimum atomic E-state index is 0.702. The Balaban J connectivity index is 1.92. The molecule has 3 nitrogen and oxygen atoms in total. The van der Waals surface area contributed by atoms with Crippen LogP contribution in [0, 0.1) is 0 Å². The van der Waals surface area contributed by atoms with Crippen molar-refractivity contribution in [2.75, 3.05) is 11.5 Å². The van der Waals surface area contributed by atoms with Crippen LogP contribution in [0.4, 0.5) is 11.4 Å². The van der Waals surface area contributed by atoms with Crippen molar-refractivity contribution in [2.45, 2.75) is 0 Å². The molecule has 3 heteroatoms. The second-order valence-electron chi connectivity index (χ2n) is 6.31. The third-order valence-electron chi connectivity index (χ3n) is 4.43. The van der Waals surface area contributed by atoms with E-state index in [1.165, 1.54) is 0 Å². The summed E-state index contributed by atoms with van der Waals surface area (Å²) in [6, 6.07) is 31.5. The van der Waals surface area contributed by atoms with E-state index in [9.17, 15) is 0 Å². The molecule has 0 aliphatic heterocycles. The van der Waals surface area contributed by atoms with Crippen LogP contribution in [0.3, 0.4) is 0 Å². The van der Waals surface area contributed by atoms with E-state index in [0.29, 0.717) is 11.4 Å². The summed E-state index contributed by atoms with van der Waals surface area (Å²) in [4.78, 5) is 0. The van der Waals surface area contributed by atoms with Gasteiger partial charge in [0.1, 0.15) is 11.5 Å². The Morgan fingerprint density at radius 1 is 0.519 bits per heavy atom. The average molecular weight is 352 g/mol. The van der Waals surface area contributed by atoms with Crippen molar-refractivity contribution in [3.05, 3.63) is 97.1 Å². The summed E-state index contributed by atoms with van der Waals surface area (Å²) >= 11 is 0. The maximum atomic E-state index is 6.40. The lowest BCUT2D eigenvalue weighted by atomic mass is 9.92. The Labute approximate surface area is 158 Å². The van der Waals surface area contributed by atoms with E-state index < -0.39 is 0 Å². The number of ether oxygens (including phenoxy) is 1. The van der Waals surface area contributed by atoms with Crippen molar-refractivity contribution in [3.8, 4) is 33.8 Å². The largest absolute Gasteiger partial charge is 0.457 e. The van der Waals surface area contributed by atoms with E-state index in [0.717, 1.165) is 33.8 Å². The quantitative estimate of drug-likeness (QED) is 0.444. The summed E-state index contributed by atoms with van der Waals surface area (Å²) in [7, 11) is 0. The van der Waals surface area contributed by atoms with Crippen LogP contribution in [0.15, 0.2) is 97.1 Å². The fraction of sp³-hybridized carbons (Fsp3) is 0. The summed E-state index contributed by atoms with van der Waals surface area (Å²) in [5.41, 5.74) is 17.6. The van der Waals surface area contributed by atoms with E-state index in [4.69, 9.17) is 16.2 Å². The Bertz CT molecular complexity index is 1040. The van der Waals surface area contributed by atoms with Crippen LogP contribution in [0.25, 0.3) is 22.3 Å². The second kappa shape index (κ2) is 7.26. The Kier molecular flexibility index (Phi) is 4.50. The molecule has 0 heterocycles. The Hall–Kier alpha value is -3.72. The highest BCUT2D eigenvalue weighted by Crippen LogP contribution is 2.44. The van der Waals surface area contributed by atoms with Crippen LogP contribution in [0.5, 0.6) is 11.5 Å². The van der Waals surface area contributed by atoms with Gasteiger partial charge in [0.25, 0.3) is 0 Å². The number of benzene rings is 4. The van der Waals surface area contributed by atoms with Crippen LogP contribution in [-0.2, 0) is 0 Å². The summed E-state index contributed by atoms with van der Waals surface area (Å²) in [5, 5.41) is 0. The average Bonchev–Trinajstić information content (AvgIpc) is 2.72. The van der Waals surface area contributed by atoms with Gasteiger partial charge in [0.15, 0.2) is 0 Å². The SMILES string of the molecule is Nc1ccc(Oc2ccc(N)c(-c3ccccc3)c2-c2ccccc2)cc1. The highest BCUT2D eigenvalue weighted by molar-refractivity contribution is 5.94. The van der Waals surface area contributed by atoms with E-state index in [-0.39, 0.29) is 0 Å². The molecule has 0 fully saturated rings.